The number of nitrogens with zero attached hydrogens (tertiary/aromatic N) is 1. The maximum atomic E-state index is 10.2. The van der Waals surface area contributed by atoms with Crippen molar-refractivity contribution in [2.24, 2.45) is 34.5 Å². The molecule has 0 aliphatic heterocycles. The van der Waals surface area contributed by atoms with Crippen LogP contribution in [0.2, 0.25) is 0 Å². The van der Waals surface area contributed by atoms with E-state index in [-0.39, 0.29) is 6.10 Å². The molecule has 0 spiro atoms. The predicted octanol–water partition coefficient (Wildman–Crippen LogP) is 5.48. The Morgan fingerprint density at radius 2 is 1.96 bits per heavy atom. The second-order valence-corrected chi connectivity index (χ2v) is 10.1. The van der Waals surface area contributed by atoms with E-state index >= 15 is 0 Å². The zero-order chi connectivity index (χ0) is 17.9. The Labute approximate surface area is 158 Å². The average Bonchev–Trinajstić information content (AvgIpc) is 3.00. The van der Waals surface area contributed by atoms with Crippen LogP contribution in [0, 0.1) is 34.5 Å². The van der Waals surface area contributed by atoms with Gasteiger partial charge in [0.25, 0.3) is 0 Å². The summed E-state index contributed by atoms with van der Waals surface area (Å²) in [4.78, 5) is 4.39. The molecule has 4 aliphatic rings. The van der Waals surface area contributed by atoms with Gasteiger partial charge in [-0.3, -0.25) is 4.98 Å². The molecule has 7 atom stereocenters. The molecule has 1 aromatic rings. The monoisotopic (exact) mass is 351 g/mol. The summed E-state index contributed by atoms with van der Waals surface area (Å²) < 4.78 is 0. The first-order chi connectivity index (χ1) is 12.5. The topological polar surface area (TPSA) is 33.1 Å². The molecule has 1 heterocycles. The fraction of sp³-hybridized carbons (Fsp3) is 0.708. The molecule has 0 radical (unpaired) electrons. The lowest BCUT2D eigenvalue weighted by atomic mass is 9.44. The summed E-state index contributed by atoms with van der Waals surface area (Å²) in [5.41, 5.74) is 3.72. The van der Waals surface area contributed by atoms with Crippen LogP contribution in [0.5, 0.6) is 0 Å². The molecular formula is C24H33NO. The van der Waals surface area contributed by atoms with E-state index in [1.54, 1.807) is 5.57 Å². The van der Waals surface area contributed by atoms with Gasteiger partial charge in [-0.05, 0) is 103 Å². The normalized spacial score (nSPS) is 47.5. The van der Waals surface area contributed by atoms with Crippen LogP contribution in [0.4, 0.5) is 0 Å². The molecule has 3 fully saturated rings. The number of aliphatic hydroxyl groups excluding tert-OH is 1. The number of rotatable bonds is 1. The third kappa shape index (κ3) is 2.30. The van der Waals surface area contributed by atoms with Crippen LogP contribution in [0.3, 0.4) is 0 Å². The number of aliphatic hydroxyl groups is 1. The highest BCUT2D eigenvalue weighted by Crippen LogP contribution is 2.67. The van der Waals surface area contributed by atoms with E-state index in [1.807, 2.05) is 6.20 Å². The number of hydrogen-bond donors (Lipinski definition) is 1. The van der Waals surface area contributed by atoms with E-state index in [0.717, 1.165) is 36.5 Å². The quantitative estimate of drug-likeness (QED) is 0.727. The fourth-order valence-corrected chi connectivity index (χ4v) is 7.77. The summed E-state index contributed by atoms with van der Waals surface area (Å²) in [6, 6.07) is 4.33. The molecule has 0 amide bonds. The Morgan fingerprint density at radius 3 is 2.77 bits per heavy atom. The minimum atomic E-state index is -0.0381. The zero-order valence-electron chi connectivity index (χ0n) is 16.3. The first kappa shape index (κ1) is 17.0. The van der Waals surface area contributed by atoms with E-state index in [4.69, 9.17) is 0 Å². The maximum absolute atomic E-state index is 10.2. The van der Waals surface area contributed by atoms with Gasteiger partial charge in [-0.25, -0.2) is 0 Å². The van der Waals surface area contributed by atoms with Crippen LogP contribution < -0.4 is 0 Å². The number of aromatic nitrogens is 1. The summed E-state index contributed by atoms with van der Waals surface area (Å²) in [5.74, 6) is 3.30. The third-order valence-electron chi connectivity index (χ3n) is 9.19. The van der Waals surface area contributed by atoms with Crippen LogP contribution >= 0.6 is 0 Å². The Kier molecular flexibility index (Phi) is 3.87. The smallest absolute Gasteiger partial charge is 0.0543 e. The van der Waals surface area contributed by atoms with Crippen molar-refractivity contribution in [2.75, 3.05) is 0 Å². The molecule has 2 heteroatoms. The first-order valence-electron chi connectivity index (χ1n) is 10.8. The van der Waals surface area contributed by atoms with Crippen LogP contribution in [0.15, 0.2) is 30.6 Å². The van der Waals surface area contributed by atoms with Crippen LogP contribution in [-0.2, 0) is 0 Å². The summed E-state index contributed by atoms with van der Waals surface area (Å²) in [7, 11) is 0. The van der Waals surface area contributed by atoms with Crippen LogP contribution in [0.25, 0.3) is 5.57 Å². The average molecular weight is 352 g/mol. The van der Waals surface area contributed by atoms with Gasteiger partial charge in [-0.1, -0.05) is 26.0 Å². The second kappa shape index (κ2) is 5.92. The summed E-state index contributed by atoms with van der Waals surface area (Å²) in [6.45, 7) is 5.12. The van der Waals surface area contributed by atoms with Gasteiger partial charge in [-0.2, -0.15) is 0 Å². The maximum Gasteiger partial charge on any atom is 0.0543 e. The molecule has 1 aromatic heterocycles. The minimum Gasteiger partial charge on any atom is -0.393 e. The summed E-state index contributed by atoms with van der Waals surface area (Å²) >= 11 is 0. The fourth-order valence-electron chi connectivity index (χ4n) is 7.77. The van der Waals surface area contributed by atoms with Gasteiger partial charge in [-0.15, -0.1) is 0 Å². The molecule has 5 rings (SSSR count). The number of fused-ring (bicyclic) bond motifs is 5. The number of allylic oxidation sites excluding steroid dienone is 2. The van der Waals surface area contributed by atoms with Crippen LogP contribution in [-0.4, -0.2) is 16.2 Å². The molecular weight excluding hydrogens is 318 g/mol. The lowest BCUT2D eigenvalue weighted by Gasteiger charge is -2.60. The predicted molar refractivity (Wildman–Crippen MR) is 105 cm³/mol. The second-order valence-electron chi connectivity index (χ2n) is 10.1. The third-order valence-corrected chi connectivity index (χ3v) is 9.19. The van der Waals surface area contributed by atoms with E-state index in [0.29, 0.717) is 10.8 Å². The van der Waals surface area contributed by atoms with Crippen molar-refractivity contribution in [1.29, 1.82) is 0 Å². The number of pyridine rings is 1. The van der Waals surface area contributed by atoms with Crippen molar-refractivity contribution in [2.45, 2.75) is 71.3 Å². The van der Waals surface area contributed by atoms with Gasteiger partial charge in [0.15, 0.2) is 0 Å². The molecule has 2 nitrogen and oxygen atoms in total. The highest BCUT2D eigenvalue weighted by atomic mass is 16.3. The molecule has 0 saturated heterocycles. The van der Waals surface area contributed by atoms with Gasteiger partial charge in [0.1, 0.15) is 0 Å². The first-order valence-corrected chi connectivity index (χ1v) is 10.8. The Bertz CT molecular complexity index is 712. The molecule has 0 aromatic carbocycles. The molecule has 1 N–H and O–H groups in total. The van der Waals surface area contributed by atoms with Crippen molar-refractivity contribution < 1.29 is 5.11 Å². The van der Waals surface area contributed by atoms with Crippen molar-refractivity contribution in [3.05, 3.63) is 36.2 Å². The van der Waals surface area contributed by atoms with E-state index in [9.17, 15) is 5.11 Å². The number of hydrogen-bond acceptors (Lipinski definition) is 2. The summed E-state index contributed by atoms with van der Waals surface area (Å²) in [5, 5.41) is 10.2. The Balaban J connectivity index is 1.44. The van der Waals surface area contributed by atoms with Crippen molar-refractivity contribution in [3.63, 3.8) is 0 Å². The standard InChI is InChI=1S/C24H33NO/c1-23-11-9-18(26)14-17(23)5-6-19-21-8-7-20(16-4-3-13-25-15-16)24(21,2)12-10-22(19)23/h3-4,7,13,15,17-19,21-22,26H,5-6,8-12,14H2,1-2H3/t17-,18+,19?,21?,22?,23+,24-/m1/s1. The van der Waals surface area contributed by atoms with Gasteiger partial charge in [0, 0.05) is 12.4 Å². The molecule has 4 aliphatic carbocycles. The van der Waals surface area contributed by atoms with E-state index < -0.39 is 0 Å². The summed E-state index contributed by atoms with van der Waals surface area (Å²) in [6.07, 6.45) is 16.4. The molecule has 0 bridgehead atoms. The van der Waals surface area contributed by atoms with E-state index in [1.165, 1.54) is 44.1 Å². The van der Waals surface area contributed by atoms with Gasteiger partial charge in [0.05, 0.1) is 6.10 Å². The lowest BCUT2D eigenvalue weighted by Crippen LogP contribution is -2.53. The highest BCUT2D eigenvalue weighted by Gasteiger charge is 2.58. The van der Waals surface area contributed by atoms with Crippen LogP contribution in [0.1, 0.15) is 70.8 Å². The van der Waals surface area contributed by atoms with Crippen molar-refractivity contribution in [1.82, 2.24) is 4.98 Å². The zero-order valence-corrected chi connectivity index (χ0v) is 16.3. The van der Waals surface area contributed by atoms with E-state index in [2.05, 4.69) is 43.2 Å². The van der Waals surface area contributed by atoms with Crippen molar-refractivity contribution >= 4 is 5.57 Å². The highest BCUT2D eigenvalue weighted by molar-refractivity contribution is 5.72. The SMILES string of the molecule is C[C@]12CCC3C(CC[C@@H]4C[C@@H](O)CC[C@]34C)C1CC=C2c1cccnc1. The minimum absolute atomic E-state index is 0.0381. The van der Waals surface area contributed by atoms with Gasteiger partial charge >= 0.3 is 0 Å². The molecule has 3 unspecified atom stereocenters. The lowest BCUT2D eigenvalue weighted by molar-refractivity contribution is -0.115. The molecule has 140 valence electrons. The Hall–Kier alpha value is -1.15. The molecule has 26 heavy (non-hydrogen) atoms. The van der Waals surface area contributed by atoms with Gasteiger partial charge in [0.2, 0.25) is 0 Å². The van der Waals surface area contributed by atoms with Crippen molar-refractivity contribution in [3.8, 4) is 0 Å². The van der Waals surface area contributed by atoms with Gasteiger partial charge < -0.3 is 5.11 Å². The molecule has 3 saturated carbocycles. The Morgan fingerprint density at radius 1 is 1.08 bits per heavy atom. The largest absolute Gasteiger partial charge is 0.393 e.